The Morgan fingerprint density at radius 1 is 0.958 bits per heavy atom. The van der Waals surface area contributed by atoms with Gasteiger partial charge in [-0.15, -0.1) is 0 Å². The van der Waals surface area contributed by atoms with E-state index in [-0.39, 0.29) is 17.3 Å². The van der Waals surface area contributed by atoms with E-state index in [9.17, 15) is 13.2 Å². The molecule has 0 spiro atoms. The van der Waals surface area contributed by atoms with Crippen LogP contribution in [0.4, 0.5) is 13.2 Å². The topological polar surface area (TPSA) is 22.1 Å². The number of hydrogen-bond donors (Lipinski definition) is 0. The first-order valence-electron chi connectivity index (χ1n) is 7.60. The second-order valence-corrected chi connectivity index (χ2v) is 5.91. The zero-order valence-electron chi connectivity index (χ0n) is 13.5. The molecule has 3 rings (SSSR count). The Hall–Kier alpha value is -2.56. The molecule has 0 amide bonds. The summed E-state index contributed by atoms with van der Waals surface area (Å²) in [4.78, 5) is 4.10. The van der Waals surface area contributed by atoms with Crippen molar-refractivity contribution in [3.05, 3.63) is 65.1 Å². The van der Waals surface area contributed by atoms with Crippen molar-refractivity contribution in [1.82, 2.24) is 4.98 Å². The zero-order chi connectivity index (χ0) is 17.4. The number of ether oxygens (including phenoxy) is 1. The standard InChI is InChI=1S/C19H16F3NO/c1-10(2)17-13(20)5-4-6-15(17)24-16-9-12-7-8-14(21)18(22)19(12)23-11(16)3/h4-10H,1-3H3. The van der Waals surface area contributed by atoms with Gasteiger partial charge in [0, 0.05) is 10.9 Å². The van der Waals surface area contributed by atoms with Crippen LogP contribution in [0.3, 0.4) is 0 Å². The lowest BCUT2D eigenvalue weighted by atomic mass is 10.0. The van der Waals surface area contributed by atoms with Gasteiger partial charge in [-0.1, -0.05) is 19.9 Å². The molecule has 0 saturated heterocycles. The van der Waals surface area contributed by atoms with Gasteiger partial charge in [-0.2, -0.15) is 0 Å². The Bertz CT molecular complexity index is 922. The molecule has 2 nitrogen and oxygen atoms in total. The summed E-state index contributed by atoms with van der Waals surface area (Å²) in [7, 11) is 0. The van der Waals surface area contributed by atoms with Crippen LogP contribution in [0.5, 0.6) is 11.5 Å². The molecule has 0 aliphatic rings. The zero-order valence-corrected chi connectivity index (χ0v) is 13.5. The average Bonchev–Trinajstić information content (AvgIpc) is 2.52. The fourth-order valence-corrected chi connectivity index (χ4v) is 2.64. The maximum Gasteiger partial charge on any atom is 0.184 e. The summed E-state index contributed by atoms with van der Waals surface area (Å²) in [6.45, 7) is 5.37. The molecular formula is C19H16F3NO. The third-order valence-electron chi connectivity index (χ3n) is 3.83. The van der Waals surface area contributed by atoms with Crippen LogP contribution in [0.15, 0.2) is 36.4 Å². The lowest BCUT2D eigenvalue weighted by molar-refractivity contribution is 0.457. The molecule has 124 valence electrons. The van der Waals surface area contributed by atoms with E-state index in [1.165, 1.54) is 12.1 Å². The van der Waals surface area contributed by atoms with E-state index < -0.39 is 11.6 Å². The van der Waals surface area contributed by atoms with Crippen molar-refractivity contribution < 1.29 is 17.9 Å². The van der Waals surface area contributed by atoms with Crippen molar-refractivity contribution >= 4 is 10.9 Å². The summed E-state index contributed by atoms with van der Waals surface area (Å²) in [5.41, 5.74) is 0.802. The highest BCUT2D eigenvalue weighted by Crippen LogP contribution is 2.35. The molecule has 0 saturated carbocycles. The molecule has 0 fully saturated rings. The smallest absolute Gasteiger partial charge is 0.184 e. The fourth-order valence-electron chi connectivity index (χ4n) is 2.64. The van der Waals surface area contributed by atoms with Gasteiger partial charge in [-0.05, 0) is 43.2 Å². The molecule has 2 aromatic carbocycles. The van der Waals surface area contributed by atoms with Crippen LogP contribution in [0, 0.1) is 24.4 Å². The number of hydrogen-bond acceptors (Lipinski definition) is 2. The Morgan fingerprint density at radius 3 is 2.42 bits per heavy atom. The number of benzene rings is 2. The van der Waals surface area contributed by atoms with E-state index in [1.807, 2.05) is 13.8 Å². The van der Waals surface area contributed by atoms with Crippen LogP contribution in [-0.2, 0) is 0 Å². The van der Waals surface area contributed by atoms with E-state index in [0.29, 0.717) is 28.1 Å². The number of aryl methyl sites for hydroxylation is 1. The van der Waals surface area contributed by atoms with E-state index in [2.05, 4.69) is 4.98 Å². The number of fused-ring (bicyclic) bond motifs is 1. The van der Waals surface area contributed by atoms with Gasteiger partial charge in [0.15, 0.2) is 11.6 Å². The summed E-state index contributed by atoms with van der Waals surface area (Å²) in [6.07, 6.45) is 0. The monoisotopic (exact) mass is 331 g/mol. The van der Waals surface area contributed by atoms with Gasteiger partial charge in [0.1, 0.15) is 22.8 Å². The van der Waals surface area contributed by atoms with Crippen molar-refractivity contribution in [1.29, 1.82) is 0 Å². The highest BCUT2D eigenvalue weighted by atomic mass is 19.2. The summed E-state index contributed by atoms with van der Waals surface area (Å²) in [5, 5.41) is 0.414. The summed E-state index contributed by atoms with van der Waals surface area (Å²) < 4.78 is 47.1. The molecule has 0 N–H and O–H groups in total. The van der Waals surface area contributed by atoms with Crippen molar-refractivity contribution in [2.24, 2.45) is 0 Å². The van der Waals surface area contributed by atoms with Crippen LogP contribution < -0.4 is 4.74 Å². The lowest BCUT2D eigenvalue weighted by Crippen LogP contribution is -2.00. The normalized spacial score (nSPS) is 11.3. The van der Waals surface area contributed by atoms with Crippen molar-refractivity contribution in [3.8, 4) is 11.5 Å². The van der Waals surface area contributed by atoms with Crippen LogP contribution >= 0.6 is 0 Å². The number of nitrogens with zero attached hydrogens (tertiary/aromatic N) is 1. The maximum atomic E-state index is 14.1. The van der Waals surface area contributed by atoms with Gasteiger partial charge in [0.05, 0.1) is 5.69 Å². The Morgan fingerprint density at radius 2 is 1.71 bits per heavy atom. The molecule has 0 unspecified atom stereocenters. The Kier molecular flexibility index (Phi) is 4.18. The minimum absolute atomic E-state index is 0.0526. The molecule has 0 aliphatic heterocycles. The Balaban J connectivity index is 2.10. The van der Waals surface area contributed by atoms with Crippen LogP contribution in [-0.4, -0.2) is 4.98 Å². The van der Waals surface area contributed by atoms with Crippen LogP contribution in [0.25, 0.3) is 10.9 Å². The van der Waals surface area contributed by atoms with Crippen molar-refractivity contribution in [3.63, 3.8) is 0 Å². The van der Waals surface area contributed by atoms with Gasteiger partial charge in [0.25, 0.3) is 0 Å². The van der Waals surface area contributed by atoms with Gasteiger partial charge in [-0.3, -0.25) is 0 Å². The molecular weight excluding hydrogens is 315 g/mol. The fraction of sp³-hybridized carbons (Fsp3) is 0.211. The molecule has 5 heteroatoms. The largest absolute Gasteiger partial charge is 0.455 e. The highest BCUT2D eigenvalue weighted by molar-refractivity contribution is 5.81. The number of rotatable bonds is 3. The highest BCUT2D eigenvalue weighted by Gasteiger charge is 2.16. The number of pyridine rings is 1. The SMILES string of the molecule is Cc1nc2c(F)c(F)ccc2cc1Oc1cccc(F)c1C(C)C. The van der Waals surface area contributed by atoms with Gasteiger partial charge < -0.3 is 4.74 Å². The molecule has 1 aromatic heterocycles. The summed E-state index contributed by atoms with van der Waals surface area (Å²) in [6, 6.07) is 8.67. The van der Waals surface area contributed by atoms with Crippen LogP contribution in [0.1, 0.15) is 31.0 Å². The Labute approximate surface area is 137 Å². The number of halogens is 3. The third kappa shape index (κ3) is 2.82. The molecule has 24 heavy (non-hydrogen) atoms. The second kappa shape index (κ2) is 6.15. The predicted molar refractivity (Wildman–Crippen MR) is 87.0 cm³/mol. The van der Waals surface area contributed by atoms with Crippen molar-refractivity contribution in [2.45, 2.75) is 26.7 Å². The average molecular weight is 331 g/mol. The van der Waals surface area contributed by atoms with Crippen molar-refractivity contribution in [2.75, 3.05) is 0 Å². The molecule has 1 heterocycles. The van der Waals surface area contributed by atoms with Crippen LogP contribution in [0.2, 0.25) is 0 Å². The first kappa shape index (κ1) is 16.3. The van der Waals surface area contributed by atoms with E-state index in [0.717, 1.165) is 6.07 Å². The summed E-state index contributed by atoms with van der Waals surface area (Å²) in [5.74, 6) is -1.59. The minimum Gasteiger partial charge on any atom is -0.455 e. The first-order chi connectivity index (χ1) is 11.4. The minimum atomic E-state index is -0.990. The molecule has 0 radical (unpaired) electrons. The molecule has 0 bridgehead atoms. The quantitative estimate of drug-likeness (QED) is 0.598. The van der Waals surface area contributed by atoms with Gasteiger partial charge in [0.2, 0.25) is 0 Å². The first-order valence-corrected chi connectivity index (χ1v) is 7.60. The van der Waals surface area contributed by atoms with Gasteiger partial charge >= 0.3 is 0 Å². The second-order valence-electron chi connectivity index (χ2n) is 5.91. The van der Waals surface area contributed by atoms with E-state index in [4.69, 9.17) is 4.74 Å². The third-order valence-corrected chi connectivity index (χ3v) is 3.83. The maximum absolute atomic E-state index is 14.1. The molecule has 0 aliphatic carbocycles. The van der Waals surface area contributed by atoms with E-state index in [1.54, 1.807) is 25.1 Å². The lowest BCUT2D eigenvalue weighted by Gasteiger charge is -2.16. The summed E-state index contributed by atoms with van der Waals surface area (Å²) >= 11 is 0. The number of aromatic nitrogens is 1. The molecule has 0 atom stereocenters. The predicted octanol–water partition coefficient (Wildman–Crippen LogP) is 5.88. The van der Waals surface area contributed by atoms with Gasteiger partial charge in [-0.25, -0.2) is 18.2 Å². The molecule has 3 aromatic rings. The van der Waals surface area contributed by atoms with E-state index >= 15 is 0 Å².